The molecule has 0 unspecified atom stereocenters. The van der Waals surface area contributed by atoms with Crippen LogP contribution in [-0.2, 0) is 36.7 Å². The largest absolute Gasteiger partial charge is 0.335 e. The Bertz CT molecular complexity index is 1330. The van der Waals surface area contributed by atoms with Crippen LogP contribution in [0.15, 0.2) is 89.8 Å². The number of likely N-dealkylation sites (tertiary alicyclic amines) is 1. The molecule has 0 N–H and O–H groups in total. The zero-order chi connectivity index (χ0) is 27.9. The van der Waals surface area contributed by atoms with Gasteiger partial charge in [0.2, 0.25) is 10.0 Å². The molecule has 0 aromatic heterocycles. The summed E-state index contributed by atoms with van der Waals surface area (Å²) in [7, 11) is -7.33. The van der Waals surface area contributed by atoms with Crippen LogP contribution in [0.25, 0.3) is 0 Å². The molecule has 39 heavy (non-hydrogen) atoms. The number of aryl methyl sites for hydroxylation is 1. The fourth-order valence-corrected chi connectivity index (χ4v) is 8.99. The Morgan fingerprint density at radius 1 is 0.846 bits per heavy atom. The van der Waals surface area contributed by atoms with Crippen LogP contribution in [0.4, 0.5) is 0 Å². The number of nitrogens with zero attached hydrogens (tertiary/aromatic N) is 2. The molecule has 9 heteroatoms. The standard InChI is InChI=1S/C30H39N2O5PS/c1-4-36-38(33,37-5-2)30-24-31(20-26-12-8-6-9-13-26)22-28(30)23-32(21-27-14-10-7-11-15-27)39(34,35)29-18-16-25(3)17-19-29/h6-19,28,30H,4-5,20-24H2,1-3H3/t28-,30+/m0/s1. The van der Waals surface area contributed by atoms with Gasteiger partial charge >= 0.3 is 7.60 Å². The van der Waals surface area contributed by atoms with Crippen molar-refractivity contribution in [2.75, 3.05) is 32.8 Å². The predicted molar refractivity (Wildman–Crippen MR) is 155 cm³/mol. The van der Waals surface area contributed by atoms with Crippen molar-refractivity contribution in [3.05, 3.63) is 102 Å². The fourth-order valence-electron chi connectivity index (χ4n) is 5.19. The average Bonchev–Trinajstić information content (AvgIpc) is 3.33. The molecule has 0 saturated carbocycles. The van der Waals surface area contributed by atoms with Crippen LogP contribution >= 0.6 is 7.60 Å². The first-order valence-corrected chi connectivity index (χ1v) is 16.6. The minimum Gasteiger partial charge on any atom is -0.309 e. The van der Waals surface area contributed by atoms with Crippen molar-refractivity contribution >= 4 is 17.6 Å². The number of sulfonamides is 1. The lowest BCUT2D eigenvalue weighted by molar-refractivity contribution is 0.204. The second-order valence-corrected chi connectivity index (χ2v) is 14.2. The molecule has 1 aliphatic rings. The van der Waals surface area contributed by atoms with Gasteiger partial charge in [-0.15, -0.1) is 0 Å². The summed E-state index contributed by atoms with van der Waals surface area (Å²) >= 11 is 0. The molecule has 0 amide bonds. The fraction of sp³-hybridized carbons (Fsp3) is 0.400. The average molecular weight is 571 g/mol. The van der Waals surface area contributed by atoms with E-state index in [1.54, 1.807) is 26.0 Å². The van der Waals surface area contributed by atoms with E-state index < -0.39 is 23.3 Å². The van der Waals surface area contributed by atoms with E-state index in [1.165, 1.54) is 4.31 Å². The van der Waals surface area contributed by atoms with Crippen LogP contribution in [0, 0.1) is 12.8 Å². The third-order valence-electron chi connectivity index (χ3n) is 7.05. The quantitative estimate of drug-likeness (QED) is 0.236. The lowest BCUT2D eigenvalue weighted by Gasteiger charge is -2.31. The van der Waals surface area contributed by atoms with Crippen molar-refractivity contribution < 1.29 is 22.0 Å². The molecular weight excluding hydrogens is 531 g/mol. The second kappa shape index (κ2) is 13.4. The summed E-state index contributed by atoms with van der Waals surface area (Å²) < 4.78 is 55.2. The number of rotatable bonds is 13. The number of hydrogen-bond donors (Lipinski definition) is 0. The predicted octanol–water partition coefficient (Wildman–Crippen LogP) is 5.95. The van der Waals surface area contributed by atoms with Crippen molar-refractivity contribution in [1.29, 1.82) is 0 Å². The molecule has 0 radical (unpaired) electrons. The third kappa shape index (κ3) is 7.46. The van der Waals surface area contributed by atoms with Gasteiger partial charge < -0.3 is 9.05 Å². The summed E-state index contributed by atoms with van der Waals surface area (Å²) in [6.45, 7) is 8.23. The summed E-state index contributed by atoms with van der Waals surface area (Å²) in [6, 6.07) is 26.6. The molecule has 4 rings (SSSR count). The van der Waals surface area contributed by atoms with Gasteiger partial charge in [-0.1, -0.05) is 78.4 Å². The molecule has 0 aliphatic carbocycles. The van der Waals surface area contributed by atoms with Crippen LogP contribution in [-0.4, -0.2) is 56.1 Å². The minimum atomic E-state index is -3.83. The topological polar surface area (TPSA) is 76.2 Å². The van der Waals surface area contributed by atoms with Crippen LogP contribution in [0.5, 0.6) is 0 Å². The van der Waals surface area contributed by atoms with Crippen molar-refractivity contribution in [2.24, 2.45) is 5.92 Å². The molecule has 210 valence electrons. The molecular formula is C30H39N2O5PS. The molecule has 3 aromatic carbocycles. The first-order chi connectivity index (χ1) is 18.7. The van der Waals surface area contributed by atoms with Gasteiger partial charge in [-0.05, 0) is 44.0 Å². The van der Waals surface area contributed by atoms with Gasteiger partial charge in [0.05, 0.1) is 23.8 Å². The Balaban J connectivity index is 1.69. The molecule has 0 spiro atoms. The third-order valence-corrected chi connectivity index (χ3v) is 11.5. The Labute approximate surface area is 233 Å². The monoisotopic (exact) mass is 570 g/mol. The molecule has 3 aromatic rings. The van der Waals surface area contributed by atoms with E-state index in [0.717, 1.165) is 16.7 Å². The van der Waals surface area contributed by atoms with Crippen LogP contribution in [0.2, 0.25) is 0 Å². The van der Waals surface area contributed by atoms with Crippen molar-refractivity contribution in [3.63, 3.8) is 0 Å². The lowest BCUT2D eigenvalue weighted by Crippen LogP contribution is -2.39. The van der Waals surface area contributed by atoms with Gasteiger partial charge in [-0.2, -0.15) is 4.31 Å². The van der Waals surface area contributed by atoms with Crippen molar-refractivity contribution in [2.45, 2.75) is 44.4 Å². The Morgan fingerprint density at radius 3 is 1.97 bits per heavy atom. The van der Waals surface area contributed by atoms with Gasteiger partial charge in [0.25, 0.3) is 0 Å². The van der Waals surface area contributed by atoms with Gasteiger partial charge in [0, 0.05) is 38.6 Å². The van der Waals surface area contributed by atoms with Crippen molar-refractivity contribution in [3.8, 4) is 0 Å². The van der Waals surface area contributed by atoms with Crippen molar-refractivity contribution in [1.82, 2.24) is 9.21 Å². The SMILES string of the molecule is CCOP(=O)(OCC)[C@@H]1CN(Cc2ccccc2)C[C@H]1CN(Cc1ccccc1)S(=O)(=O)c1ccc(C)cc1. The maximum absolute atomic E-state index is 14.1. The normalized spacial score (nSPS) is 18.6. The zero-order valence-corrected chi connectivity index (χ0v) is 24.7. The molecule has 1 aliphatic heterocycles. The highest BCUT2D eigenvalue weighted by Gasteiger charge is 2.48. The molecule has 1 heterocycles. The lowest BCUT2D eigenvalue weighted by atomic mass is 10.1. The smallest absolute Gasteiger partial charge is 0.309 e. The first-order valence-electron chi connectivity index (χ1n) is 13.5. The van der Waals surface area contributed by atoms with E-state index in [0.29, 0.717) is 19.6 Å². The second-order valence-electron chi connectivity index (χ2n) is 9.98. The highest BCUT2D eigenvalue weighted by Crippen LogP contribution is 2.57. The minimum absolute atomic E-state index is 0.200. The van der Waals surface area contributed by atoms with Gasteiger partial charge in [-0.25, -0.2) is 8.42 Å². The van der Waals surface area contributed by atoms with E-state index in [-0.39, 0.29) is 37.1 Å². The Kier molecular flexibility index (Phi) is 10.2. The summed E-state index contributed by atoms with van der Waals surface area (Å²) in [6.07, 6.45) is 0. The van der Waals surface area contributed by atoms with E-state index in [2.05, 4.69) is 17.0 Å². The zero-order valence-electron chi connectivity index (χ0n) is 23.0. The molecule has 1 saturated heterocycles. The highest BCUT2D eigenvalue weighted by molar-refractivity contribution is 7.89. The van der Waals surface area contributed by atoms with Crippen LogP contribution in [0.3, 0.4) is 0 Å². The maximum atomic E-state index is 14.1. The van der Waals surface area contributed by atoms with Crippen LogP contribution in [0.1, 0.15) is 30.5 Å². The number of hydrogen-bond acceptors (Lipinski definition) is 6. The summed E-state index contributed by atoms with van der Waals surface area (Å²) in [4.78, 5) is 2.48. The molecule has 1 fully saturated rings. The van der Waals surface area contributed by atoms with E-state index >= 15 is 0 Å². The van der Waals surface area contributed by atoms with E-state index in [1.807, 2.05) is 67.6 Å². The Hall–Kier alpha value is -2.32. The van der Waals surface area contributed by atoms with Gasteiger partial charge in [0.15, 0.2) is 0 Å². The molecule has 0 bridgehead atoms. The van der Waals surface area contributed by atoms with E-state index in [9.17, 15) is 13.0 Å². The Morgan fingerprint density at radius 2 is 1.41 bits per heavy atom. The van der Waals surface area contributed by atoms with Gasteiger partial charge in [0.1, 0.15) is 0 Å². The van der Waals surface area contributed by atoms with E-state index in [4.69, 9.17) is 9.05 Å². The van der Waals surface area contributed by atoms with Crippen LogP contribution < -0.4 is 0 Å². The number of benzene rings is 3. The summed E-state index contributed by atoms with van der Waals surface area (Å²) in [5, 5.41) is 0. The highest BCUT2D eigenvalue weighted by atomic mass is 32.2. The summed E-state index contributed by atoms with van der Waals surface area (Å²) in [5.41, 5.74) is 2.58. The molecule has 2 atom stereocenters. The molecule has 7 nitrogen and oxygen atoms in total. The first kappa shape index (κ1) is 29.7. The maximum Gasteiger partial charge on any atom is 0.335 e. The summed E-state index contributed by atoms with van der Waals surface area (Å²) in [5.74, 6) is -0.249. The van der Waals surface area contributed by atoms with Gasteiger partial charge in [-0.3, -0.25) is 9.46 Å².